The molecule has 26 heavy (non-hydrogen) atoms. The van der Waals surface area contributed by atoms with Crippen molar-refractivity contribution in [2.45, 2.75) is 26.1 Å². The molecule has 0 unspecified atom stereocenters. The van der Waals surface area contributed by atoms with E-state index in [1.54, 1.807) is 12.1 Å². The van der Waals surface area contributed by atoms with Crippen LogP contribution in [-0.2, 0) is 22.7 Å². The third kappa shape index (κ3) is 4.59. The maximum atomic E-state index is 14.5. The Bertz CT molecular complexity index is 781. The SMILES string of the molecule is Cc1cccc(COc2ccc(CN3CCOC[C@H]3C(N)=O)c(F)c2)c1. The molecule has 1 aliphatic heterocycles. The quantitative estimate of drug-likeness (QED) is 0.861. The number of hydrogen-bond acceptors (Lipinski definition) is 4. The van der Waals surface area contributed by atoms with E-state index in [0.29, 0.717) is 37.6 Å². The van der Waals surface area contributed by atoms with Crippen LogP contribution < -0.4 is 10.5 Å². The summed E-state index contributed by atoms with van der Waals surface area (Å²) in [5, 5.41) is 0. The Hall–Kier alpha value is -2.44. The minimum absolute atomic E-state index is 0.245. The molecule has 0 aliphatic carbocycles. The maximum Gasteiger partial charge on any atom is 0.237 e. The Balaban J connectivity index is 1.64. The molecular formula is C20H23FN2O3. The van der Waals surface area contributed by atoms with Crippen LogP contribution in [0.1, 0.15) is 16.7 Å². The van der Waals surface area contributed by atoms with Crippen molar-refractivity contribution in [3.8, 4) is 5.75 Å². The second-order valence-corrected chi connectivity index (χ2v) is 6.49. The number of morpholine rings is 1. The zero-order valence-electron chi connectivity index (χ0n) is 14.8. The van der Waals surface area contributed by atoms with E-state index >= 15 is 0 Å². The molecule has 2 aromatic carbocycles. The van der Waals surface area contributed by atoms with E-state index in [1.807, 2.05) is 36.1 Å². The minimum atomic E-state index is -0.527. The highest BCUT2D eigenvalue weighted by atomic mass is 19.1. The molecule has 0 radical (unpaired) electrons. The molecule has 2 N–H and O–H groups in total. The first-order valence-corrected chi connectivity index (χ1v) is 8.61. The molecule has 0 spiro atoms. The Labute approximate surface area is 152 Å². The van der Waals surface area contributed by atoms with Crippen molar-refractivity contribution in [2.75, 3.05) is 19.8 Å². The van der Waals surface area contributed by atoms with E-state index in [2.05, 4.69) is 0 Å². The van der Waals surface area contributed by atoms with Crippen LogP contribution in [0.25, 0.3) is 0 Å². The molecule has 0 aromatic heterocycles. The normalized spacial score (nSPS) is 17.8. The van der Waals surface area contributed by atoms with Crippen molar-refractivity contribution in [1.82, 2.24) is 4.90 Å². The highest BCUT2D eigenvalue weighted by molar-refractivity contribution is 5.80. The number of primary amides is 1. The summed E-state index contributed by atoms with van der Waals surface area (Å²) in [6, 6.07) is 12.3. The molecule has 138 valence electrons. The average molecular weight is 358 g/mol. The van der Waals surface area contributed by atoms with E-state index in [1.165, 1.54) is 6.07 Å². The van der Waals surface area contributed by atoms with Crippen LogP contribution in [0.4, 0.5) is 4.39 Å². The van der Waals surface area contributed by atoms with Gasteiger partial charge in [0.2, 0.25) is 5.91 Å². The fourth-order valence-electron chi connectivity index (χ4n) is 3.02. The number of halogens is 1. The second-order valence-electron chi connectivity index (χ2n) is 6.49. The molecule has 1 heterocycles. The fourth-order valence-corrected chi connectivity index (χ4v) is 3.02. The van der Waals surface area contributed by atoms with Crippen LogP contribution in [0, 0.1) is 12.7 Å². The topological polar surface area (TPSA) is 64.8 Å². The lowest BCUT2D eigenvalue weighted by molar-refractivity contribution is -0.129. The van der Waals surface area contributed by atoms with Gasteiger partial charge in [0.25, 0.3) is 0 Å². The molecule has 1 fully saturated rings. The van der Waals surface area contributed by atoms with Crippen LogP contribution in [-0.4, -0.2) is 36.6 Å². The third-order valence-electron chi connectivity index (χ3n) is 4.45. The van der Waals surface area contributed by atoms with Gasteiger partial charge in [0.1, 0.15) is 24.2 Å². The molecular weight excluding hydrogens is 335 g/mol. The third-order valence-corrected chi connectivity index (χ3v) is 4.45. The van der Waals surface area contributed by atoms with Crippen molar-refractivity contribution < 1.29 is 18.7 Å². The molecule has 1 amide bonds. The number of nitrogens with two attached hydrogens (primary N) is 1. The lowest BCUT2D eigenvalue weighted by Gasteiger charge is -2.33. The van der Waals surface area contributed by atoms with Gasteiger partial charge in [-0.1, -0.05) is 35.9 Å². The lowest BCUT2D eigenvalue weighted by atomic mass is 10.1. The van der Waals surface area contributed by atoms with Crippen molar-refractivity contribution in [1.29, 1.82) is 0 Å². The van der Waals surface area contributed by atoms with Crippen molar-refractivity contribution in [3.63, 3.8) is 0 Å². The van der Waals surface area contributed by atoms with Crippen LogP contribution >= 0.6 is 0 Å². The largest absolute Gasteiger partial charge is 0.489 e. The zero-order valence-corrected chi connectivity index (χ0v) is 14.8. The van der Waals surface area contributed by atoms with Crippen LogP contribution in [0.5, 0.6) is 5.75 Å². The first-order valence-electron chi connectivity index (χ1n) is 8.61. The Morgan fingerprint density at radius 2 is 2.19 bits per heavy atom. The molecule has 1 aliphatic rings. The highest BCUT2D eigenvalue weighted by Crippen LogP contribution is 2.21. The minimum Gasteiger partial charge on any atom is -0.489 e. The van der Waals surface area contributed by atoms with Crippen molar-refractivity contribution in [2.24, 2.45) is 5.73 Å². The van der Waals surface area contributed by atoms with E-state index in [4.69, 9.17) is 15.2 Å². The van der Waals surface area contributed by atoms with E-state index in [0.717, 1.165) is 11.1 Å². The zero-order chi connectivity index (χ0) is 18.5. The van der Waals surface area contributed by atoms with Gasteiger partial charge >= 0.3 is 0 Å². The molecule has 3 rings (SSSR count). The van der Waals surface area contributed by atoms with Crippen LogP contribution in [0.3, 0.4) is 0 Å². The number of aryl methyl sites for hydroxylation is 1. The predicted molar refractivity (Wildman–Crippen MR) is 96.1 cm³/mol. The monoisotopic (exact) mass is 358 g/mol. The summed E-state index contributed by atoms with van der Waals surface area (Å²) in [7, 11) is 0. The molecule has 6 heteroatoms. The van der Waals surface area contributed by atoms with E-state index in [-0.39, 0.29) is 12.4 Å². The number of nitrogens with zero attached hydrogens (tertiary/aromatic N) is 1. The van der Waals surface area contributed by atoms with Gasteiger partial charge in [-0.25, -0.2) is 4.39 Å². The number of hydrogen-bond donors (Lipinski definition) is 1. The average Bonchev–Trinajstić information content (AvgIpc) is 2.62. The van der Waals surface area contributed by atoms with Gasteiger partial charge in [0.05, 0.1) is 13.2 Å². The second kappa shape index (κ2) is 8.29. The summed E-state index contributed by atoms with van der Waals surface area (Å²) in [5.74, 6) is -0.342. The summed E-state index contributed by atoms with van der Waals surface area (Å²) < 4.78 is 25.4. The smallest absolute Gasteiger partial charge is 0.237 e. The van der Waals surface area contributed by atoms with Gasteiger partial charge in [0.15, 0.2) is 0 Å². The molecule has 2 aromatic rings. The first kappa shape index (κ1) is 18.4. The number of amides is 1. The molecule has 1 saturated heterocycles. The van der Waals surface area contributed by atoms with Crippen LogP contribution in [0.2, 0.25) is 0 Å². The Morgan fingerprint density at radius 1 is 1.35 bits per heavy atom. The number of carbonyl (C=O) groups excluding carboxylic acids is 1. The number of benzene rings is 2. The van der Waals surface area contributed by atoms with Gasteiger partial charge in [-0.2, -0.15) is 0 Å². The summed E-state index contributed by atoms with van der Waals surface area (Å²) in [6.07, 6.45) is 0. The number of rotatable bonds is 6. The fraction of sp³-hybridized carbons (Fsp3) is 0.350. The van der Waals surface area contributed by atoms with Gasteiger partial charge in [0, 0.05) is 24.7 Å². The standard InChI is InChI=1S/C20H23FN2O3/c1-14-3-2-4-15(9-14)12-26-17-6-5-16(18(21)10-17)11-23-7-8-25-13-19(23)20(22)24/h2-6,9-10,19H,7-8,11-13H2,1H3,(H2,22,24)/t19-/m0/s1. The summed E-state index contributed by atoms with van der Waals surface area (Å²) in [4.78, 5) is 13.4. The van der Waals surface area contributed by atoms with Gasteiger partial charge in [-0.15, -0.1) is 0 Å². The lowest BCUT2D eigenvalue weighted by Crippen LogP contribution is -2.51. The molecule has 5 nitrogen and oxygen atoms in total. The van der Waals surface area contributed by atoms with Crippen molar-refractivity contribution >= 4 is 5.91 Å². The summed E-state index contributed by atoms with van der Waals surface area (Å²) in [6.45, 7) is 3.99. The number of ether oxygens (including phenoxy) is 2. The van der Waals surface area contributed by atoms with Crippen LogP contribution in [0.15, 0.2) is 42.5 Å². The van der Waals surface area contributed by atoms with E-state index < -0.39 is 11.9 Å². The van der Waals surface area contributed by atoms with Gasteiger partial charge in [-0.3, -0.25) is 9.69 Å². The van der Waals surface area contributed by atoms with Gasteiger partial charge in [-0.05, 0) is 18.6 Å². The Morgan fingerprint density at radius 3 is 2.92 bits per heavy atom. The highest BCUT2D eigenvalue weighted by Gasteiger charge is 2.28. The molecule has 1 atom stereocenters. The van der Waals surface area contributed by atoms with Gasteiger partial charge < -0.3 is 15.2 Å². The first-order chi connectivity index (χ1) is 12.5. The molecule has 0 bridgehead atoms. The number of carbonyl (C=O) groups is 1. The van der Waals surface area contributed by atoms with Crippen molar-refractivity contribution in [3.05, 3.63) is 65.0 Å². The Kier molecular flexibility index (Phi) is 5.85. The molecule has 0 saturated carbocycles. The summed E-state index contributed by atoms with van der Waals surface area (Å²) in [5.41, 5.74) is 8.09. The maximum absolute atomic E-state index is 14.5. The van der Waals surface area contributed by atoms with E-state index in [9.17, 15) is 9.18 Å². The summed E-state index contributed by atoms with van der Waals surface area (Å²) >= 11 is 0. The predicted octanol–water partition coefficient (Wildman–Crippen LogP) is 2.40.